The second-order valence-corrected chi connectivity index (χ2v) is 5.56. The molecule has 0 spiro atoms. The van der Waals surface area contributed by atoms with E-state index in [1.165, 1.54) is 28.9 Å². The van der Waals surface area contributed by atoms with Gasteiger partial charge in [0.1, 0.15) is 5.82 Å². The molecular formula is C16H21N3. The van der Waals surface area contributed by atoms with Gasteiger partial charge in [-0.2, -0.15) is 0 Å². The van der Waals surface area contributed by atoms with Gasteiger partial charge in [0.05, 0.1) is 5.69 Å². The molecule has 100 valence electrons. The number of nitrogens with zero attached hydrogens (tertiary/aromatic N) is 1. The van der Waals surface area contributed by atoms with E-state index >= 15 is 0 Å². The van der Waals surface area contributed by atoms with Crippen molar-refractivity contribution < 1.29 is 0 Å². The first kappa shape index (κ1) is 12.4. The van der Waals surface area contributed by atoms with Gasteiger partial charge in [0.25, 0.3) is 0 Å². The van der Waals surface area contributed by atoms with E-state index in [0.29, 0.717) is 5.92 Å². The number of rotatable bonds is 3. The number of hydrogen-bond acceptors (Lipinski definition) is 2. The fraction of sp³-hybridized carbons (Fsp3) is 0.438. The van der Waals surface area contributed by atoms with E-state index in [9.17, 15) is 0 Å². The normalized spacial score (nSPS) is 18.3. The van der Waals surface area contributed by atoms with Gasteiger partial charge < -0.3 is 10.7 Å². The Morgan fingerprint density at radius 2 is 2.21 bits per heavy atom. The van der Waals surface area contributed by atoms with Crippen LogP contribution in [0.3, 0.4) is 0 Å². The molecule has 0 saturated heterocycles. The third kappa shape index (κ3) is 2.56. The number of H-pyrrole nitrogens is 1. The number of nitrogens with one attached hydrogen (secondary N) is 1. The molecule has 3 nitrogen and oxygen atoms in total. The topological polar surface area (TPSA) is 54.7 Å². The quantitative estimate of drug-likeness (QED) is 0.884. The molecule has 0 fully saturated rings. The van der Waals surface area contributed by atoms with Gasteiger partial charge >= 0.3 is 0 Å². The third-order valence-electron chi connectivity index (χ3n) is 4.15. The Kier molecular flexibility index (Phi) is 3.38. The van der Waals surface area contributed by atoms with Gasteiger partial charge in [-0.15, -0.1) is 0 Å². The summed E-state index contributed by atoms with van der Waals surface area (Å²) < 4.78 is 0. The lowest BCUT2D eigenvalue weighted by Gasteiger charge is -2.18. The van der Waals surface area contributed by atoms with Crippen molar-refractivity contribution in [3.05, 3.63) is 52.6 Å². The first-order chi connectivity index (χ1) is 9.26. The molecule has 1 heterocycles. The van der Waals surface area contributed by atoms with Crippen LogP contribution in [0.25, 0.3) is 0 Å². The lowest BCUT2D eigenvalue weighted by molar-refractivity contribution is 0.461. The van der Waals surface area contributed by atoms with Crippen LogP contribution in [0.4, 0.5) is 0 Å². The highest BCUT2D eigenvalue weighted by atomic mass is 14.9. The lowest BCUT2D eigenvalue weighted by atomic mass is 9.90. The fourth-order valence-corrected chi connectivity index (χ4v) is 2.89. The summed E-state index contributed by atoms with van der Waals surface area (Å²) in [6, 6.07) is 8.51. The van der Waals surface area contributed by atoms with E-state index in [1.807, 2.05) is 0 Å². The van der Waals surface area contributed by atoms with Crippen LogP contribution >= 0.6 is 0 Å². The molecule has 1 aromatic heterocycles. The van der Waals surface area contributed by atoms with Gasteiger partial charge in [0.2, 0.25) is 0 Å². The molecule has 19 heavy (non-hydrogen) atoms. The Hall–Kier alpha value is -1.61. The van der Waals surface area contributed by atoms with Gasteiger partial charge in [-0.05, 0) is 49.8 Å². The summed E-state index contributed by atoms with van der Waals surface area (Å²) in [5.41, 5.74) is 11.0. The Balaban J connectivity index is 1.80. The maximum Gasteiger partial charge on any atom is 0.111 e. The van der Waals surface area contributed by atoms with Crippen LogP contribution < -0.4 is 5.73 Å². The summed E-state index contributed by atoms with van der Waals surface area (Å²) in [6.07, 6.45) is 4.21. The standard InChI is InChI=1S/C16H21N3/c1-11-4-2-3-5-13(11)9-16-18-14-7-6-12(10-17)8-15(14)19-16/h2-5,12H,6-10,17H2,1H3,(H,18,19). The molecule has 1 aliphatic rings. The van der Waals surface area contributed by atoms with Crippen molar-refractivity contribution in [3.8, 4) is 0 Å². The molecule has 1 atom stereocenters. The fourth-order valence-electron chi connectivity index (χ4n) is 2.89. The molecule has 1 aromatic carbocycles. The highest BCUT2D eigenvalue weighted by Gasteiger charge is 2.21. The lowest BCUT2D eigenvalue weighted by Crippen LogP contribution is -2.22. The SMILES string of the molecule is Cc1ccccc1Cc1nc2c([nH]1)CC(CN)CC2. The van der Waals surface area contributed by atoms with Gasteiger partial charge in [0, 0.05) is 12.1 Å². The van der Waals surface area contributed by atoms with E-state index < -0.39 is 0 Å². The van der Waals surface area contributed by atoms with E-state index in [0.717, 1.165) is 31.6 Å². The summed E-state index contributed by atoms with van der Waals surface area (Å²) in [7, 11) is 0. The summed E-state index contributed by atoms with van der Waals surface area (Å²) in [5.74, 6) is 1.72. The van der Waals surface area contributed by atoms with Crippen LogP contribution in [-0.4, -0.2) is 16.5 Å². The molecule has 3 N–H and O–H groups in total. The summed E-state index contributed by atoms with van der Waals surface area (Å²) in [5, 5.41) is 0. The predicted octanol–water partition coefficient (Wildman–Crippen LogP) is 2.37. The number of aromatic nitrogens is 2. The van der Waals surface area contributed by atoms with Crippen molar-refractivity contribution in [2.75, 3.05) is 6.54 Å². The largest absolute Gasteiger partial charge is 0.345 e. The van der Waals surface area contributed by atoms with Gasteiger partial charge in [-0.3, -0.25) is 0 Å². The monoisotopic (exact) mass is 255 g/mol. The molecule has 3 rings (SSSR count). The maximum atomic E-state index is 5.78. The average Bonchev–Trinajstić information content (AvgIpc) is 2.82. The molecule has 3 heteroatoms. The number of hydrogen-bond donors (Lipinski definition) is 2. The van der Waals surface area contributed by atoms with Gasteiger partial charge in [0.15, 0.2) is 0 Å². The van der Waals surface area contributed by atoms with E-state index in [-0.39, 0.29) is 0 Å². The number of aromatic amines is 1. The second kappa shape index (κ2) is 5.17. The number of benzene rings is 1. The minimum atomic E-state index is 0.624. The van der Waals surface area contributed by atoms with Crippen molar-refractivity contribution in [2.45, 2.75) is 32.6 Å². The molecule has 1 aliphatic carbocycles. The minimum Gasteiger partial charge on any atom is -0.345 e. The predicted molar refractivity (Wildman–Crippen MR) is 77.1 cm³/mol. The molecule has 0 saturated carbocycles. The highest BCUT2D eigenvalue weighted by Crippen LogP contribution is 2.24. The summed E-state index contributed by atoms with van der Waals surface area (Å²) in [6.45, 7) is 2.94. The molecule has 2 aromatic rings. The van der Waals surface area contributed by atoms with Crippen LogP contribution in [0, 0.1) is 12.8 Å². The Labute approximate surface area is 114 Å². The first-order valence-corrected chi connectivity index (χ1v) is 7.07. The minimum absolute atomic E-state index is 0.624. The van der Waals surface area contributed by atoms with E-state index in [2.05, 4.69) is 36.2 Å². The maximum absolute atomic E-state index is 5.78. The Bertz CT molecular complexity index is 571. The summed E-state index contributed by atoms with van der Waals surface area (Å²) >= 11 is 0. The van der Waals surface area contributed by atoms with Crippen LogP contribution in [0.1, 0.15) is 34.8 Å². The number of aryl methyl sites for hydroxylation is 2. The van der Waals surface area contributed by atoms with E-state index in [4.69, 9.17) is 10.7 Å². The van der Waals surface area contributed by atoms with Gasteiger partial charge in [-0.25, -0.2) is 4.98 Å². The zero-order valence-corrected chi connectivity index (χ0v) is 11.4. The zero-order valence-electron chi connectivity index (χ0n) is 11.4. The van der Waals surface area contributed by atoms with Gasteiger partial charge in [-0.1, -0.05) is 24.3 Å². The zero-order chi connectivity index (χ0) is 13.2. The molecule has 0 aliphatic heterocycles. The smallest absolute Gasteiger partial charge is 0.111 e. The number of imidazole rings is 1. The summed E-state index contributed by atoms with van der Waals surface area (Å²) in [4.78, 5) is 8.27. The highest BCUT2D eigenvalue weighted by molar-refractivity contribution is 5.29. The van der Waals surface area contributed by atoms with Crippen molar-refractivity contribution in [1.29, 1.82) is 0 Å². The Morgan fingerprint density at radius 1 is 1.37 bits per heavy atom. The van der Waals surface area contributed by atoms with E-state index in [1.54, 1.807) is 0 Å². The first-order valence-electron chi connectivity index (χ1n) is 7.07. The molecule has 0 radical (unpaired) electrons. The van der Waals surface area contributed by atoms with Crippen LogP contribution in [-0.2, 0) is 19.3 Å². The van der Waals surface area contributed by atoms with Crippen molar-refractivity contribution in [1.82, 2.24) is 9.97 Å². The molecule has 1 unspecified atom stereocenters. The number of nitrogens with two attached hydrogens (primary N) is 1. The average molecular weight is 255 g/mol. The third-order valence-corrected chi connectivity index (χ3v) is 4.15. The Morgan fingerprint density at radius 3 is 3.00 bits per heavy atom. The number of fused-ring (bicyclic) bond motifs is 1. The van der Waals surface area contributed by atoms with Crippen molar-refractivity contribution in [3.63, 3.8) is 0 Å². The molecule has 0 bridgehead atoms. The van der Waals surface area contributed by atoms with Crippen LogP contribution in [0.15, 0.2) is 24.3 Å². The van der Waals surface area contributed by atoms with Crippen molar-refractivity contribution in [2.24, 2.45) is 11.7 Å². The van der Waals surface area contributed by atoms with Crippen molar-refractivity contribution >= 4 is 0 Å². The van der Waals surface area contributed by atoms with Crippen LogP contribution in [0.2, 0.25) is 0 Å². The van der Waals surface area contributed by atoms with Crippen LogP contribution in [0.5, 0.6) is 0 Å². The second-order valence-electron chi connectivity index (χ2n) is 5.56. The molecule has 0 amide bonds. The molecular weight excluding hydrogens is 234 g/mol.